The van der Waals surface area contributed by atoms with E-state index in [0.29, 0.717) is 13.1 Å². The molecule has 0 fully saturated rings. The second-order valence-electron chi connectivity index (χ2n) is 5.28. The average Bonchev–Trinajstić information content (AvgIpc) is 2.88. The molecule has 1 aromatic heterocycles. The van der Waals surface area contributed by atoms with Crippen LogP contribution in [0.25, 0.3) is 0 Å². The number of halogens is 1. The molecule has 0 bridgehead atoms. The van der Waals surface area contributed by atoms with E-state index in [2.05, 4.69) is 5.10 Å². The van der Waals surface area contributed by atoms with Crippen molar-refractivity contribution in [3.63, 3.8) is 0 Å². The first kappa shape index (κ1) is 16.2. The van der Waals surface area contributed by atoms with Gasteiger partial charge < -0.3 is 5.11 Å². The Balaban J connectivity index is 1.97. The van der Waals surface area contributed by atoms with Gasteiger partial charge in [0.2, 0.25) is 0 Å². The van der Waals surface area contributed by atoms with Crippen LogP contribution in [0, 0.1) is 5.82 Å². The Bertz CT molecular complexity index is 610. The van der Waals surface area contributed by atoms with Gasteiger partial charge in [-0.05, 0) is 30.7 Å². The van der Waals surface area contributed by atoms with Gasteiger partial charge in [0, 0.05) is 18.3 Å². The van der Waals surface area contributed by atoms with Crippen LogP contribution >= 0.6 is 0 Å². The van der Waals surface area contributed by atoms with Gasteiger partial charge in [0.25, 0.3) is 0 Å². The maximum atomic E-state index is 12.9. The Morgan fingerprint density at radius 1 is 1.32 bits per heavy atom. The molecule has 118 valence electrons. The summed E-state index contributed by atoms with van der Waals surface area (Å²) in [6.45, 7) is 3.90. The number of benzene rings is 1. The van der Waals surface area contributed by atoms with Crippen molar-refractivity contribution in [1.82, 2.24) is 14.7 Å². The van der Waals surface area contributed by atoms with E-state index in [1.807, 2.05) is 18.0 Å². The van der Waals surface area contributed by atoms with Crippen LogP contribution in [0.1, 0.15) is 24.5 Å². The molecule has 0 amide bonds. The highest BCUT2D eigenvalue weighted by molar-refractivity contribution is 5.69. The van der Waals surface area contributed by atoms with Crippen LogP contribution in [0.5, 0.6) is 0 Å². The molecule has 1 N–H and O–H groups in total. The summed E-state index contributed by atoms with van der Waals surface area (Å²) >= 11 is 0. The number of carboxylic acids is 1. The molecule has 0 radical (unpaired) electrons. The summed E-state index contributed by atoms with van der Waals surface area (Å²) in [5, 5.41) is 13.2. The number of hydrogen-bond donors (Lipinski definition) is 1. The quantitative estimate of drug-likeness (QED) is 0.813. The molecule has 0 saturated carbocycles. The minimum Gasteiger partial charge on any atom is -0.480 e. The van der Waals surface area contributed by atoms with Crippen molar-refractivity contribution in [1.29, 1.82) is 0 Å². The molecule has 0 aliphatic carbocycles. The molecule has 6 heteroatoms. The molecule has 0 saturated heterocycles. The number of rotatable bonds is 8. The van der Waals surface area contributed by atoms with Crippen molar-refractivity contribution in [2.24, 2.45) is 0 Å². The summed E-state index contributed by atoms with van der Waals surface area (Å²) < 4.78 is 14.6. The normalized spacial score (nSPS) is 11.0. The van der Waals surface area contributed by atoms with E-state index in [9.17, 15) is 9.18 Å². The van der Waals surface area contributed by atoms with Crippen molar-refractivity contribution in [2.45, 2.75) is 26.4 Å². The second kappa shape index (κ2) is 7.70. The van der Waals surface area contributed by atoms with Crippen LogP contribution in [0.4, 0.5) is 4.39 Å². The molecule has 2 rings (SSSR count). The molecule has 0 aliphatic heterocycles. The zero-order valence-corrected chi connectivity index (χ0v) is 12.6. The van der Waals surface area contributed by atoms with E-state index in [4.69, 9.17) is 5.11 Å². The number of aliphatic carboxylic acids is 1. The Labute approximate surface area is 129 Å². The molecule has 1 heterocycles. The van der Waals surface area contributed by atoms with Gasteiger partial charge >= 0.3 is 5.97 Å². The van der Waals surface area contributed by atoms with Crippen LogP contribution in [-0.2, 0) is 17.9 Å². The highest BCUT2D eigenvalue weighted by atomic mass is 19.1. The largest absolute Gasteiger partial charge is 0.480 e. The number of hydrogen-bond acceptors (Lipinski definition) is 3. The maximum absolute atomic E-state index is 12.9. The summed E-state index contributed by atoms with van der Waals surface area (Å²) in [6, 6.07) is 6.31. The first-order chi connectivity index (χ1) is 10.6. The molecule has 22 heavy (non-hydrogen) atoms. The Hall–Kier alpha value is -2.21. The predicted octanol–water partition coefficient (Wildman–Crippen LogP) is 2.37. The standard InChI is InChI=1S/C16H20FN3O2/c1-2-7-19(12-16(21)22)9-14-8-18-20(11-14)10-13-3-5-15(17)6-4-13/h3-6,8,11H,2,7,9-10,12H2,1H3,(H,21,22). The van der Waals surface area contributed by atoms with E-state index in [1.165, 1.54) is 12.1 Å². The number of carboxylic acid groups (broad SMARTS) is 1. The lowest BCUT2D eigenvalue weighted by atomic mass is 10.2. The minimum atomic E-state index is -0.827. The molecular formula is C16H20FN3O2. The van der Waals surface area contributed by atoms with Crippen molar-refractivity contribution >= 4 is 5.97 Å². The first-order valence-corrected chi connectivity index (χ1v) is 7.26. The van der Waals surface area contributed by atoms with Crippen LogP contribution in [0.3, 0.4) is 0 Å². The maximum Gasteiger partial charge on any atom is 0.317 e. The highest BCUT2D eigenvalue weighted by Crippen LogP contribution is 2.08. The molecule has 2 aromatic rings. The number of aromatic nitrogens is 2. The lowest BCUT2D eigenvalue weighted by Crippen LogP contribution is -2.29. The van der Waals surface area contributed by atoms with Crippen molar-refractivity contribution < 1.29 is 14.3 Å². The zero-order chi connectivity index (χ0) is 15.9. The number of nitrogens with zero attached hydrogens (tertiary/aromatic N) is 3. The highest BCUT2D eigenvalue weighted by Gasteiger charge is 2.10. The molecule has 5 nitrogen and oxygen atoms in total. The van der Waals surface area contributed by atoms with Gasteiger partial charge in [-0.2, -0.15) is 5.10 Å². The molecule has 0 aliphatic rings. The monoisotopic (exact) mass is 305 g/mol. The van der Waals surface area contributed by atoms with Gasteiger partial charge in [-0.15, -0.1) is 0 Å². The van der Waals surface area contributed by atoms with Gasteiger partial charge in [0.15, 0.2) is 0 Å². The minimum absolute atomic E-state index is 0.0248. The molecule has 0 unspecified atom stereocenters. The third-order valence-electron chi connectivity index (χ3n) is 3.25. The Morgan fingerprint density at radius 2 is 2.05 bits per heavy atom. The Morgan fingerprint density at radius 3 is 2.68 bits per heavy atom. The first-order valence-electron chi connectivity index (χ1n) is 7.26. The van der Waals surface area contributed by atoms with E-state index < -0.39 is 5.97 Å². The fourth-order valence-corrected chi connectivity index (χ4v) is 2.33. The molecular weight excluding hydrogens is 285 g/mol. The van der Waals surface area contributed by atoms with Crippen molar-refractivity contribution in [2.75, 3.05) is 13.1 Å². The van der Waals surface area contributed by atoms with Crippen LogP contribution in [-0.4, -0.2) is 38.8 Å². The molecule has 0 atom stereocenters. The van der Waals surface area contributed by atoms with Gasteiger partial charge in [-0.3, -0.25) is 14.4 Å². The van der Waals surface area contributed by atoms with E-state index in [-0.39, 0.29) is 12.4 Å². The lowest BCUT2D eigenvalue weighted by Gasteiger charge is -2.18. The topological polar surface area (TPSA) is 58.4 Å². The molecule has 1 aromatic carbocycles. The van der Waals surface area contributed by atoms with Crippen LogP contribution in [0.15, 0.2) is 36.7 Å². The van der Waals surface area contributed by atoms with E-state index in [1.54, 1.807) is 23.0 Å². The third-order valence-corrected chi connectivity index (χ3v) is 3.25. The van der Waals surface area contributed by atoms with E-state index >= 15 is 0 Å². The third kappa shape index (κ3) is 4.96. The summed E-state index contributed by atoms with van der Waals surface area (Å²) in [6.07, 6.45) is 4.54. The molecule has 0 spiro atoms. The zero-order valence-electron chi connectivity index (χ0n) is 12.6. The van der Waals surface area contributed by atoms with Crippen molar-refractivity contribution in [3.05, 3.63) is 53.6 Å². The summed E-state index contributed by atoms with van der Waals surface area (Å²) in [5.74, 6) is -1.08. The fraction of sp³-hybridized carbons (Fsp3) is 0.375. The van der Waals surface area contributed by atoms with E-state index in [0.717, 1.165) is 24.1 Å². The smallest absolute Gasteiger partial charge is 0.317 e. The summed E-state index contributed by atoms with van der Waals surface area (Å²) in [4.78, 5) is 12.7. The van der Waals surface area contributed by atoms with Gasteiger partial charge in [-0.1, -0.05) is 19.1 Å². The predicted molar refractivity (Wildman–Crippen MR) is 80.9 cm³/mol. The fourth-order valence-electron chi connectivity index (χ4n) is 2.33. The van der Waals surface area contributed by atoms with Gasteiger partial charge in [-0.25, -0.2) is 4.39 Å². The SMILES string of the molecule is CCCN(CC(=O)O)Cc1cnn(Cc2ccc(F)cc2)c1. The number of carbonyl (C=O) groups is 1. The van der Waals surface area contributed by atoms with Crippen LogP contribution < -0.4 is 0 Å². The second-order valence-corrected chi connectivity index (χ2v) is 5.28. The lowest BCUT2D eigenvalue weighted by molar-refractivity contribution is -0.138. The van der Waals surface area contributed by atoms with Crippen LogP contribution in [0.2, 0.25) is 0 Å². The summed E-state index contributed by atoms with van der Waals surface area (Å²) in [7, 11) is 0. The summed E-state index contributed by atoms with van der Waals surface area (Å²) in [5.41, 5.74) is 1.93. The van der Waals surface area contributed by atoms with Gasteiger partial charge in [0.05, 0.1) is 19.3 Å². The average molecular weight is 305 g/mol. The van der Waals surface area contributed by atoms with Crippen molar-refractivity contribution in [3.8, 4) is 0 Å². The van der Waals surface area contributed by atoms with Gasteiger partial charge in [0.1, 0.15) is 5.82 Å². The Kier molecular flexibility index (Phi) is 5.66.